The molecule has 0 bridgehead atoms. The van der Waals surface area contributed by atoms with Crippen LogP contribution in [0.3, 0.4) is 0 Å². The second kappa shape index (κ2) is 7.73. The van der Waals surface area contributed by atoms with Crippen LogP contribution < -0.4 is 0 Å². The zero-order chi connectivity index (χ0) is 17.7. The van der Waals surface area contributed by atoms with Crippen molar-refractivity contribution >= 4 is 0 Å². The SMILES string of the molecule is Cc1cc(CC[C@@H](C)CCc2ccc(C(F)(F)F)cc2)ccc1O. The topological polar surface area (TPSA) is 20.2 Å². The Balaban J connectivity index is 1.80. The molecule has 2 aromatic rings. The number of hydrogen-bond acceptors (Lipinski definition) is 1. The van der Waals surface area contributed by atoms with Crippen LogP contribution >= 0.6 is 0 Å². The molecule has 4 heteroatoms. The highest BCUT2D eigenvalue weighted by atomic mass is 19.4. The van der Waals surface area contributed by atoms with E-state index in [9.17, 15) is 18.3 Å². The molecule has 0 aliphatic rings. The highest BCUT2D eigenvalue weighted by Crippen LogP contribution is 2.29. The number of phenolic OH excluding ortho intramolecular Hbond substituents is 1. The maximum absolute atomic E-state index is 12.5. The average molecular weight is 336 g/mol. The Bertz CT molecular complexity index is 660. The molecule has 2 aromatic carbocycles. The van der Waals surface area contributed by atoms with Crippen molar-refractivity contribution in [2.24, 2.45) is 5.92 Å². The predicted molar refractivity (Wildman–Crippen MR) is 90.1 cm³/mol. The Kier molecular flexibility index (Phi) is 5.92. The van der Waals surface area contributed by atoms with Gasteiger partial charge in [-0.15, -0.1) is 0 Å². The van der Waals surface area contributed by atoms with Crippen molar-refractivity contribution in [1.29, 1.82) is 0 Å². The van der Waals surface area contributed by atoms with E-state index in [1.54, 1.807) is 18.2 Å². The van der Waals surface area contributed by atoms with E-state index >= 15 is 0 Å². The largest absolute Gasteiger partial charge is 0.508 e. The zero-order valence-corrected chi connectivity index (χ0v) is 14.0. The minimum absolute atomic E-state index is 0.314. The molecule has 0 aromatic heterocycles. The summed E-state index contributed by atoms with van der Waals surface area (Å²) in [5.74, 6) is 0.801. The lowest BCUT2D eigenvalue weighted by molar-refractivity contribution is -0.137. The van der Waals surface area contributed by atoms with Crippen LogP contribution in [0.15, 0.2) is 42.5 Å². The molecular weight excluding hydrogens is 313 g/mol. The predicted octanol–water partition coefficient (Wildman–Crippen LogP) is 5.92. The normalized spacial score (nSPS) is 13.0. The average Bonchev–Trinajstić information content (AvgIpc) is 2.53. The standard InChI is InChI=1S/C20H23F3O/c1-14(4-6-17-9-12-19(24)15(2)13-17)3-5-16-7-10-18(11-8-16)20(21,22)23/h7-14,24H,3-6H2,1-2H3/t14-/m0/s1. The number of alkyl halides is 3. The Hall–Kier alpha value is -1.97. The van der Waals surface area contributed by atoms with Gasteiger partial charge in [-0.1, -0.05) is 31.2 Å². The van der Waals surface area contributed by atoms with E-state index in [0.717, 1.165) is 48.9 Å². The van der Waals surface area contributed by atoms with Crippen molar-refractivity contribution in [3.8, 4) is 5.75 Å². The van der Waals surface area contributed by atoms with Gasteiger partial charge in [-0.2, -0.15) is 13.2 Å². The second-order valence-corrected chi connectivity index (χ2v) is 6.50. The van der Waals surface area contributed by atoms with Gasteiger partial charge in [0.2, 0.25) is 0 Å². The number of hydrogen-bond donors (Lipinski definition) is 1. The van der Waals surface area contributed by atoms with Crippen molar-refractivity contribution in [1.82, 2.24) is 0 Å². The first-order chi connectivity index (χ1) is 11.3. The lowest BCUT2D eigenvalue weighted by Gasteiger charge is -2.13. The summed E-state index contributed by atoms with van der Waals surface area (Å²) in [5, 5.41) is 9.53. The summed E-state index contributed by atoms with van der Waals surface area (Å²) >= 11 is 0. The van der Waals surface area contributed by atoms with Gasteiger partial charge in [0.25, 0.3) is 0 Å². The van der Waals surface area contributed by atoms with Crippen molar-refractivity contribution < 1.29 is 18.3 Å². The molecule has 0 saturated carbocycles. The molecule has 0 radical (unpaired) electrons. The number of aromatic hydroxyl groups is 1. The number of aryl methyl sites for hydroxylation is 3. The van der Waals surface area contributed by atoms with Gasteiger partial charge in [0.1, 0.15) is 5.75 Å². The van der Waals surface area contributed by atoms with E-state index in [0.29, 0.717) is 11.7 Å². The molecule has 0 spiro atoms. The van der Waals surface area contributed by atoms with Gasteiger partial charge in [0.15, 0.2) is 0 Å². The molecule has 1 N–H and O–H groups in total. The van der Waals surface area contributed by atoms with Crippen LogP contribution in [0, 0.1) is 12.8 Å². The van der Waals surface area contributed by atoms with E-state index in [4.69, 9.17) is 0 Å². The smallest absolute Gasteiger partial charge is 0.416 e. The summed E-state index contributed by atoms with van der Waals surface area (Å²) in [6.07, 6.45) is -0.579. The van der Waals surface area contributed by atoms with E-state index in [-0.39, 0.29) is 0 Å². The number of rotatable bonds is 6. The lowest BCUT2D eigenvalue weighted by atomic mass is 9.94. The summed E-state index contributed by atoms with van der Waals surface area (Å²) in [6.45, 7) is 4.05. The van der Waals surface area contributed by atoms with Crippen molar-refractivity contribution in [3.63, 3.8) is 0 Å². The number of benzene rings is 2. The van der Waals surface area contributed by atoms with Crippen LogP contribution in [0.25, 0.3) is 0 Å². The maximum atomic E-state index is 12.5. The molecule has 0 fully saturated rings. The van der Waals surface area contributed by atoms with Crippen LogP contribution in [0.5, 0.6) is 5.75 Å². The molecule has 0 aliphatic carbocycles. The summed E-state index contributed by atoms with van der Waals surface area (Å²) in [5.41, 5.74) is 2.42. The second-order valence-electron chi connectivity index (χ2n) is 6.50. The minimum Gasteiger partial charge on any atom is -0.508 e. The maximum Gasteiger partial charge on any atom is 0.416 e. The highest BCUT2D eigenvalue weighted by Gasteiger charge is 2.29. The van der Waals surface area contributed by atoms with Crippen LogP contribution in [0.2, 0.25) is 0 Å². The van der Waals surface area contributed by atoms with Gasteiger partial charge in [-0.25, -0.2) is 0 Å². The molecule has 1 nitrogen and oxygen atoms in total. The van der Waals surface area contributed by atoms with Crippen LogP contribution in [0.1, 0.15) is 42.0 Å². The van der Waals surface area contributed by atoms with Gasteiger partial charge in [-0.05, 0) is 73.4 Å². The monoisotopic (exact) mass is 336 g/mol. The first-order valence-corrected chi connectivity index (χ1v) is 8.20. The van der Waals surface area contributed by atoms with E-state index in [2.05, 4.69) is 6.92 Å². The Labute approximate surface area is 141 Å². The summed E-state index contributed by atoms with van der Waals surface area (Å²) < 4.78 is 37.6. The van der Waals surface area contributed by atoms with Crippen LogP contribution in [-0.2, 0) is 19.0 Å². The van der Waals surface area contributed by atoms with Gasteiger partial charge >= 0.3 is 6.18 Å². The van der Waals surface area contributed by atoms with Gasteiger partial charge in [-0.3, -0.25) is 0 Å². The van der Waals surface area contributed by atoms with Crippen molar-refractivity contribution in [2.75, 3.05) is 0 Å². The van der Waals surface area contributed by atoms with Crippen molar-refractivity contribution in [3.05, 3.63) is 64.7 Å². The molecule has 24 heavy (non-hydrogen) atoms. The number of halogens is 3. The third-order valence-electron chi connectivity index (χ3n) is 4.39. The molecule has 2 rings (SSSR count). The van der Waals surface area contributed by atoms with Gasteiger partial charge < -0.3 is 5.11 Å². The van der Waals surface area contributed by atoms with E-state index in [1.165, 1.54) is 5.56 Å². The Morgan fingerprint density at radius 2 is 1.46 bits per heavy atom. The fourth-order valence-electron chi connectivity index (χ4n) is 2.70. The molecule has 0 amide bonds. The highest BCUT2D eigenvalue weighted by molar-refractivity contribution is 5.35. The van der Waals surface area contributed by atoms with Gasteiger partial charge in [0.05, 0.1) is 5.56 Å². The van der Waals surface area contributed by atoms with E-state index < -0.39 is 11.7 Å². The first kappa shape index (κ1) is 18.4. The van der Waals surface area contributed by atoms with E-state index in [1.807, 2.05) is 19.1 Å². The summed E-state index contributed by atoms with van der Waals surface area (Å²) in [7, 11) is 0. The molecule has 0 unspecified atom stereocenters. The molecule has 0 heterocycles. The molecule has 130 valence electrons. The zero-order valence-electron chi connectivity index (χ0n) is 14.0. The quantitative estimate of drug-likeness (QED) is 0.694. The lowest BCUT2D eigenvalue weighted by Crippen LogP contribution is -2.05. The van der Waals surface area contributed by atoms with Crippen LogP contribution in [0.4, 0.5) is 13.2 Å². The first-order valence-electron chi connectivity index (χ1n) is 8.20. The molecule has 1 atom stereocenters. The number of phenols is 1. The third-order valence-corrected chi connectivity index (χ3v) is 4.39. The van der Waals surface area contributed by atoms with Crippen LogP contribution in [-0.4, -0.2) is 5.11 Å². The molecule has 0 aliphatic heterocycles. The minimum atomic E-state index is -4.27. The fourth-order valence-corrected chi connectivity index (χ4v) is 2.70. The third kappa shape index (κ3) is 5.29. The molecular formula is C20H23F3O. The molecule has 0 saturated heterocycles. The van der Waals surface area contributed by atoms with Crippen molar-refractivity contribution in [2.45, 2.75) is 45.7 Å². The summed E-state index contributed by atoms with van der Waals surface area (Å²) in [4.78, 5) is 0. The van der Waals surface area contributed by atoms with Gasteiger partial charge in [0, 0.05) is 0 Å². The summed E-state index contributed by atoms with van der Waals surface area (Å²) in [6, 6.07) is 11.1. The fraction of sp³-hybridized carbons (Fsp3) is 0.400. The Morgan fingerprint density at radius 1 is 0.917 bits per heavy atom. The Morgan fingerprint density at radius 3 is 2.00 bits per heavy atom.